The largest absolute Gasteiger partial charge is 0.444 e. The molecule has 0 aromatic heterocycles. The van der Waals surface area contributed by atoms with Crippen LogP contribution in [0.15, 0.2) is 30.3 Å². The van der Waals surface area contributed by atoms with Gasteiger partial charge >= 0.3 is 6.09 Å². The van der Waals surface area contributed by atoms with E-state index in [1.54, 1.807) is 4.90 Å². The van der Waals surface area contributed by atoms with Crippen molar-refractivity contribution >= 4 is 12.0 Å². The van der Waals surface area contributed by atoms with Gasteiger partial charge in [-0.2, -0.15) is 0 Å². The Bertz CT molecular complexity index is 705. The Morgan fingerprint density at radius 1 is 1.10 bits per heavy atom. The Hall–Kier alpha value is -2.12. The van der Waals surface area contributed by atoms with E-state index in [2.05, 4.69) is 22.3 Å². The molecule has 3 rings (SSSR count). The van der Waals surface area contributed by atoms with E-state index in [0.717, 1.165) is 39.1 Å². The quantitative estimate of drug-likeness (QED) is 0.749. The minimum absolute atomic E-state index is 0.0879. The summed E-state index contributed by atoms with van der Waals surface area (Å²) in [6.07, 6.45) is 1.91. The van der Waals surface area contributed by atoms with Crippen molar-refractivity contribution in [2.45, 2.75) is 51.7 Å². The summed E-state index contributed by atoms with van der Waals surface area (Å²) in [5.41, 5.74) is 0.735. The summed E-state index contributed by atoms with van der Waals surface area (Å²) in [6.45, 7) is 10.7. The average Bonchev–Trinajstić information content (AvgIpc) is 2.75. The molecule has 7 nitrogen and oxygen atoms in total. The van der Waals surface area contributed by atoms with E-state index in [1.807, 2.05) is 39.0 Å². The number of amides is 2. The molecule has 0 spiro atoms. The molecule has 1 aromatic carbocycles. The highest BCUT2D eigenvalue weighted by molar-refractivity contribution is 5.76. The number of hydrogen-bond donors (Lipinski definition) is 1. The van der Waals surface area contributed by atoms with Crippen molar-refractivity contribution in [1.29, 1.82) is 0 Å². The molecule has 1 aromatic rings. The molecule has 2 aliphatic rings. The molecule has 7 heteroatoms. The van der Waals surface area contributed by atoms with Gasteiger partial charge in [0.25, 0.3) is 0 Å². The Morgan fingerprint density at radius 3 is 2.35 bits per heavy atom. The van der Waals surface area contributed by atoms with Crippen LogP contribution in [0.2, 0.25) is 0 Å². The van der Waals surface area contributed by atoms with E-state index in [9.17, 15) is 9.59 Å². The molecule has 0 aliphatic carbocycles. The Labute approximate surface area is 186 Å². The molecule has 2 fully saturated rings. The number of benzene rings is 1. The molecule has 1 N–H and O–H groups in total. The van der Waals surface area contributed by atoms with E-state index in [4.69, 9.17) is 9.47 Å². The first-order chi connectivity index (χ1) is 14.8. The van der Waals surface area contributed by atoms with Crippen LogP contribution in [0, 0.1) is 5.92 Å². The second-order valence-electron chi connectivity index (χ2n) is 9.49. The fourth-order valence-electron chi connectivity index (χ4n) is 4.21. The second kappa shape index (κ2) is 11.0. The molecule has 0 bridgehead atoms. The lowest BCUT2D eigenvalue weighted by atomic mass is 9.93. The van der Waals surface area contributed by atoms with Crippen LogP contribution in [-0.2, 0) is 14.3 Å². The summed E-state index contributed by atoms with van der Waals surface area (Å²) >= 11 is 0. The zero-order valence-corrected chi connectivity index (χ0v) is 19.1. The number of ether oxygens (including phenoxy) is 2. The van der Waals surface area contributed by atoms with E-state index in [1.165, 1.54) is 5.56 Å². The summed E-state index contributed by atoms with van der Waals surface area (Å²) in [6, 6.07) is 10.5. The van der Waals surface area contributed by atoms with Crippen LogP contribution in [0.5, 0.6) is 0 Å². The molecule has 31 heavy (non-hydrogen) atoms. The molecular weight excluding hydrogens is 394 g/mol. The van der Waals surface area contributed by atoms with E-state index >= 15 is 0 Å². The fraction of sp³-hybridized carbons (Fsp3) is 0.667. The van der Waals surface area contributed by atoms with Crippen molar-refractivity contribution in [1.82, 2.24) is 15.1 Å². The number of piperidine rings is 1. The molecular formula is C24H37N3O4. The maximum atomic E-state index is 12.7. The lowest BCUT2D eigenvalue weighted by Gasteiger charge is -2.35. The highest BCUT2D eigenvalue weighted by atomic mass is 16.6. The summed E-state index contributed by atoms with van der Waals surface area (Å²) in [4.78, 5) is 29.0. The van der Waals surface area contributed by atoms with Crippen molar-refractivity contribution in [3.8, 4) is 0 Å². The first-order valence-corrected chi connectivity index (χ1v) is 11.4. The Balaban J connectivity index is 1.46. The van der Waals surface area contributed by atoms with Crippen LogP contribution >= 0.6 is 0 Å². The fourth-order valence-corrected chi connectivity index (χ4v) is 4.21. The molecule has 1 unspecified atom stereocenters. The maximum absolute atomic E-state index is 12.7. The van der Waals surface area contributed by atoms with Gasteiger partial charge in [-0.3, -0.25) is 9.69 Å². The number of carbonyl (C=O) groups excluding carboxylic acids is 2. The van der Waals surface area contributed by atoms with E-state index in [0.29, 0.717) is 32.0 Å². The van der Waals surface area contributed by atoms with Crippen LogP contribution in [0.4, 0.5) is 4.79 Å². The number of morpholine rings is 1. The lowest BCUT2D eigenvalue weighted by molar-refractivity contribution is -0.122. The van der Waals surface area contributed by atoms with Crippen molar-refractivity contribution < 1.29 is 19.1 Å². The van der Waals surface area contributed by atoms with Gasteiger partial charge in [0.15, 0.2) is 0 Å². The van der Waals surface area contributed by atoms with Crippen LogP contribution in [0.25, 0.3) is 0 Å². The summed E-state index contributed by atoms with van der Waals surface area (Å²) in [7, 11) is 0. The average molecular weight is 432 g/mol. The second-order valence-corrected chi connectivity index (χ2v) is 9.49. The van der Waals surface area contributed by atoms with Crippen molar-refractivity contribution in [2.75, 3.05) is 45.9 Å². The van der Waals surface area contributed by atoms with Gasteiger partial charge in [0, 0.05) is 39.1 Å². The van der Waals surface area contributed by atoms with Gasteiger partial charge in [-0.25, -0.2) is 4.79 Å². The number of hydrogen-bond acceptors (Lipinski definition) is 5. The first kappa shape index (κ1) is 23.5. The Kier molecular flexibility index (Phi) is 8.32. The van der Waals surface area contributed by atoms with Crippen molar-refractivity contribution in [2.24, 2.45) is 5.92 Å². The van der Waals surface area contributed by atoms with Gasteiger partial charge in [0.2, 0.25) is 5.91 Å². The lowest BCUT2D eigenvalue weighted by Crippen LogP contribution is -2.44. The van der Waals surface area contributed by atoms with Crippen LogP contribution in [0.3, 0.4) is 0 Å². The molecule has 0 saturated carbocycles. The summed E-state index contributed by atoms with van der Waals surface area (Å²) in [5, 5.41) is 3.16. The van der Waals surface area contributed by atoms with Gasteiger partial charge in [-0.05, 0) is 45.1 Å². The topological polar surface area (TPSA) is 71.1 Å². The molecule has 2 aliphatic heterocycles. The highest BCUT2D eigenvalue weighted by Crippen LogP contribution is 2.24. The number of rotatable bonds is 6. The number of carbonyl (C=O) groups is 2. The number of likely N-dealkylation sites (tertiary alicyclic amines) is 1. The maximum Gasteiger partial charge on any atom is 0.410 e. The molecule has 2 saturated heterocycles. The third kappa shape index (κ3) is 7.51. The molecule has 2 amide bonds. The van der Waals surface area contributed by atoms with Crippen LogP contribution in [-0.4, -0.2) is 73.3 Å². The van der Waals surface area contributed by atoms with E-state index in [-0.39, 0.29) is 18.0 Å². The Morgan fingerprint density at radius 2 is 1.74 bits per heavy atom. The minimum atomic E-state index is -0.483. The standard InChI is InChI=1S/C24H37N3O4/c1-24(2,3)31-23(29)27-11-9-19(10-12-27)17-22(28)25-18-21(20-7-5-4-6-8-20)26-13-15-30-16-14-26/h4-8,19,21H,9-18H2,1-3H3,(H,25,28). The zero-order valence-electron chi connectivity index (χ0n) is 19.1. The SMILES string of the molecule is CC(C)(C)OC(=O)N1CCC(CC(=O)NCC(c2ccccc2)N2CCOCC2)CC1. The minimum Gasteiger partial charge on any atom is -0.444 e. The van der Waals surface area contributed by atoms with Gasteiger partial charge in [-0.1, -0.05) is 30.3 Å². The van der Waals surface area contributed by atoms with Crippen molar-refractivity contribution in [3.05, 3.63) is 35.9 Å². The van der Waals surface area contributed by atoms with Crippen LogP contribution < -0.4 is 5.32 Å². The van der Waals surface area contributed by atoms with Crippen LogP contribution in [0.1, 0.15) is 51.6 Å². The van der Waals surface area contributed by atoms with Gasteiger partial charge in [0.05, 0.1) is 19.3 Å². The first-order valence-electron chi connectivity index (χ1n) is 11.4. The smallest absolute Gasteiger partial charge is 0.410 e. The van der Waals surface area contributed by atoms with Gasteiger partial charge in [0.1, 0.15) is 5.60 Å². The highest BCUT2D eigenvalue weighted by Gasteiger charge is 2.28. The zero-order chi connectivity index (χ0) is 22.3. The molecule has 2 heterocycles. The summed E-state index contributed by atoms with van der Waals surface area (Å²) < 4.78 is 11.0. The predicted octanol–water partition coefficient (Wildman–Crippen LogP) is 3.21. The van der Waals surface area contributed by atoms with E-state index < -0.39 is 5.60 Å². The summed E-state index contributed by atoms with van der Waals surface area (Å²) in [5.74, 6) is 0.391. The molecule has 172 valence electrons. The third-order valence-corrected chi connectivity index (χ3v) is 5.90. The predicted molar refractivity (Wildman–Crippen MR) is 120 cm³/mol. The monoisotopic (exact) mass is 431 g/mol. The number of nitrogens with one attached hydrogen (secondary N) is 1. The van der Waals surface area contributed by atoms with Gasteiger partial charge in [-0.15, -0.1) is 0 Å². The number of nitrogens with zero attached hydrogens (tertiary/aromatic N) is 2. The van der Waals surface area contributed by atoms with Crippen molar-refractivity contribution in [3.63, 3.8) is 0 Å². The van der Waals surface area contributed by atoms with Gasteiger partial charge < -0.3 is 19.7 Å². The molecule has 0 radical (unpaired) electrons. The molecule has 1 atom stereocenters. The third-order valence-electron chi connectivity index (χ3n) is 5.90. The normalized spacial score (nSPS) is 19.6.